The smallest absolute Gasteiger partial charge is 0.220 e. The Bertz CT molecular complexity index is 578. The molecule has 0 saturated carbocycles. The Kier molecular flexibility index (Phi) is 3.00. The van der Waals surface area contributed by atoms with Gasteiger partial charge in [-0.05, 0) is 48.7 Å². The van der Waals surface area contributed by atoms with E-state index in [4.69, 9.17) is 0 Å². The van der Waals surface area contributed by atoms with E-state index in [-0.39, 0.29) is 0 Å². The number of aromatic nitrogens is 1. The third-order valence-corrected chi connectivity index (χ3v) is 2.79. The van der Waals surface area contributed by atoms with Gasteiger partial charge in [0.25, 0.3) is 0 Å². The number of pyridine rings is 1. The van der Waals surface area contributed by atoms with Crippen LogP contribution in [0.5, 0.6) is 0 Å². The van der Waals surface area contributed by atoms with Gasteiger partial charge < -0.3 is 0 Å². The molecule has 1 aromatic carbocycles. The molecular formula is C14H12FNO. The lowest BCUT2D eigenvalue weighted by atomic mass is 9.96. The molecule has 0 radical (unpaired) electrons. The molecule has 0 aliphatic carbocycles. The fourth-order valence-corrected chi connectivity index (χ4v) is 1.84. The molecule has 86 valence electrons. The van der Waals surface area contributed by atoms with Crippen LogP contribution < -0.4 is 0 Å². The van der Waals surface area contributed by atoms with Gasteiger partial charge in [-0.1, -0.05) is 6.07 Å². The lowest BCUT2D eigenvalue weighted by molar-refractivity contribution is 0.112. The maximum absolute atomic E-state index is 13.6. The first-order chi connectivity index (χ1) is 8.13. The van der Waals surface area contributed by atoms with Crippen LogP contribution in [0.1, 0.15) is 21.5 Å². The monoisotopic (exact) mass is 229 g/mol. The zero-order valence-corrected chi connectivity index (χ0v) is 9.70. The number of hydrogen-bond donors (Lipinski definition) is 0. The number of aldehydes is 1. The Morgan fingerprint density at radius 2 is 1.94 bits per heavy atom. The molecule has 0 saturated heterocycles. The zero-order chi connectivity index (χ0) is 12.4. The molecule has 2 aromatic rings. The summed E-state index contributed by atoms with van der Waals surface area (Å²) in [5.41, 5.74) is 3.58. The molecule has 17 heavy (non-hydrogen) atoms. The van der Waals surface area contributed by atoms with Gasteiger partial charge in [0.05, 0.1) is 0 Å². The number of rotatable bonds is 2. The molecule has 1 heterocycles. The molecule has 0 fully saturated rings. The minimum atomic E-state index is -0.492. The molecule has 0 N–H and O–H groups in total. The summed E-state index contributed by atoms with van der Waals surface area (Å²) in [6.45, 7) is 3.69. The Morgan fingerprint density at radius 1 is 1.18 bits per heavy atom. The molecule has 0 amide bonds. The highest BCUT2D eigenvalue weighted by Crippen LogP contribution is 2.27. The second-order valence-electron chi connectivity index (χ2n) is 3.98. The van der Waals surface area contributed by atoms with Gasteiger partial charge >= 0.3 is 0 Å². The van der Waals surface area contributed by atoms with Gasteiger partial charge in [-0.2, -0.15) is 4.39 Å². The first-order valence-corrected chi connectivity index (χ1v) is 5.31. The lowest BCUT2D eigenvalue weighted by Crippen LogP contribution is -1.94. The highest BCUT2D eigenvalue weighted by Gasteiger charge is 2.10. The Labute approximate surface area is 99.1 Å². The van der Waals surface area contributed by atoms with Crippen LogP contribution >= 0.6 is 0 Å². The van der Waals surface area contributed by atoms with Crippen molar-refractivity contribution in [1.82, 2.24) is 4.98 Å². The number of nitrogens with zero attached hydrogens (tertiary/aromatic N) is 1. The number of halogens is 1. The fourth-order valence-electron chi connectivity index (χ4n) is 1.84. The third-order valence-electron chi connectivity index (χ3n) is 2.79. The van der Waals surface area contributed by atoms with Crippen molar-refractivity contribution in [2.45, 2.75) is 13.8 Å². The van der Waals surface area contributed by atoms with Crippen LogP contribution in [0.3, 0.4) is 0 Å². The van der Waals surface area contributed by atoms with E-state index in [1.807, 2.05) is 19.9 Å². The average Bonchev–Trinajstić information content (AvgIpc) is 2.32. The van der Waals surface area contributed by atoms with Crippen molar-refractivity contribution in [3.05, 3.63) is 53.1 Å². The summed E-state index contributed by atoms with van der Waals surface area (Å²) < 4.78 is 13.6. The maximum Gasteiger partial charge on any atom is 0.220 e. The molecule has 0 unspecified atom stereocenters. The summed E-state index contributed by atoms with van der Waals surface area (Å²) in [4.78, 5) is 14.4. The molecule has 0 bridgehead atoms. The van der Waals surface area contributed by atoms with E-state index < -0.39 is 5.95 Å². The average molecular weight is 229 g/mol. The van der Waals surface area contributed by atoms with Gasteiger partial charge in [-0.15, -0.1) is 0 Å². The normalized spacial score (nSPS) is 10.3. The molecule has 0 spiro atoms. The van der Waals surface area contributed by atoms with E-state index in [2.05, 4.69) is 4.98 Å². The van der Waals surface area contributed by atoms with Gasteiger partial charge in [0, 0.05) is 17.3 Å². The Morgan fingerprint density at radius 3 is 2.59 bits per heavy atom. The zero-order valence-electron chi connectivity index (χ0n) is 9.70. The first-order valence-electron chi connectivity index (χ1n) is 5.31. The van der Waals surface area contributed by atoms with E-state index in [1.54, 1.807) is 18.2 Å². The standard InChI is InChI=1S/C14H12FNO/c1-9-7-13(10(2)6-11(9)8-17)12-4-3-5-16-14(12)15/h3-8H,1-2H3. The molecule has 1 aromatic heterocycles. The van der Waals surface area contributed by atoms with Crippen LogP contribution in [0.25, 0.3) is 11.1 Å². The molecule has 2 nitrogen and oxygen atoms in total. The molecule has 3 heteroatoms. The molecule has 2 rings (SSSR count). The molecular weight excluding hydrogens is 217 g/mol. The van der Waals surface area contributed by atoms with Crippen LogP contribution in [0.4, 0.5) is 4.39 Å². The summed E-state index contributed by atoms with van der Waals surface area (Å²) in [6.07, 6.45) is 2.23. The number of carbonyl (C=O) groups excluding carboxylic acids is 1. The number of carbonyl (C=O) groups is 1. The van der Waals surface area contributed by atoms with Gasteiger partial charge in [-0.25, -0.2) is 4.98 Å². The largest absolute Gasteiger partial charge is 0.298 e. The Balaban J connectivity index is 2.65. The van der Waals surface area contributed by atoms with Crippen molar-refractivity contribution >= 4 is 6.29 Å². The van der Waals surface area contributed by atoms with Crippen LogP contribution in [0.2, 0.25) is 0 Å². The maximum atomic E-state index is 13.6. The van der Waals surface area contributed by atoms with E-state index in [9.17, 15) is 9.18 Å². The van der Waals surface area contributed by atoms with Crippen LogP contribution in [0, 0.1) is 19.8 Å². The van der Waals surface area contributed by atoms with Crippen molar-refractivity contribution in [2.75, 3.05) is 0 Å². The SMILES string of the molecule is Cc1cc(-c2cccnc2F)c(C)cc1C=O. The summed E-state index contributed by atoms with van der Waals surface area (Å²) in [6, 6.07) is 6.97. The van der Waals surface area contributed by atoms with Crippen LogP contribution in [0.15, 0.2) is 30.5 Å². The van der Waals surface area contributed by atoms with Gasteiger partial charge in [0.15, 0.2) is 0 Å². The predicted molar refractivity (Wildman–Crippen MR) is 64.5 cm³/mol. The fraction of sp³-hybridized carbons (Fsp3) is 0.143. The van der Waals surface area contributed by atoms with E-state index in [0.717, 1.165) is 23.0 Å². The van der Waals surface area contributed by atoms with E-state index in [0.29, 0.717) is 11.1 Å². The van der Waals surface area contributed by atoms with Crippen molar-refractivity contribution in [1.29, 1.82) is 0 Å². The molecule has 0 aliphatic rings. The minimum Gasteiger partial charge on any atom is -0.298 e. The van der Waals surface area contributed by atoms with Gasteiger partial charge in [-0.3, -0.25) is 4.79 Å². The topological polar surface area (TPSA) is 30.0 Å². The van der Waals surface area contributed by atoms with Gasteiger partial charge in [0.2, 0.25) is 5.95 Å². The summed E-state index contributed by atoms with van der Waals surface area (Å²) >= 11 is 0. The van der Waals surface area contributed by atoms with Crippen molar-refractivity contribution in [2.24, 2.45) is 0 Å². The second kappa shape index (κ2) is 4.45. The van der Waals surface area contributed by atoms with Crippen molar-refractivity contribution in [3.8, 4) is 11.1 Å². The first kappa shape index (κ1) is 11.5. The predicted octanol–water partition coefficient (Wildman–Crippen LogP) is 3.32. The third kappa shape index (κ3) is 2.09. The quantitative estimate of drug-likeness (QED) is 0.584. The van der Waals surface area contributed by atoms with Crippen molar-refractivity contribution < 1.29 is 9.18 Å². The number of aryl methyl sites for hydroxylation is 2. The van der Waals surface area contributed by atoms with E-state index >= 15 is 0 Å². The summed E-state index contributed by atoms with van der Waals surface area (Å²) in [7, 11) is 0. The second-order valence-corrected chi connectivity index (χ2v) is 3.98. The minimum absolute atomic E-state index is 0.463. The van der Waals surface area contributed by atoms with Gasteiger partial charge in [0.1, 0.15) is 6.29 Å². The number of hydrogen-bond acceptors (Lipinski definition) is 2. The number of benzene rings is 1. The summed E-state index contributed by atoms with van der Waals surface area (Å²) in [5, 5.41) is 0. The highest BCUT2D eigenvalue weighted by molar-refractivity contribution is 5.81. The Hall–Kier alpha value is -2.03. The lowest BCUT2D eigenvalue weighted by Gasteiger charge is -2.09. The molecule has 0 aliphatic heterocycles. The summed E-state index contributed by atoms with van der Waals surface area (Å²) in [5.74, 6) is -0.492. The molecule has 0 atom stereocenters. The van der Waals surface area contributed by atoms with Crippen LogP contribution in [-0.2, 0) is 0 Å². The van der Waals surface area contributed by atoms with Crippen molar-refractivity contribution in [3.63, 3.8) is 0 Å². The highest BCUT2D eigenvalue weighted by atomic mass is 19.1. The van der Waals surface area contributed by atoms with Crippen LogP contribution in [-0.4, -0.2) is 11.3 Å². The van der Waals surface area contributed by atoms with E-state index in [1.165, 1.54) is 6.20 Å².